The highest BCUT2D eigenvalue weighted by Gasteiger charge is 2.43. The number of aliphatic carboxylic acids is 1. The number of amides is 1. The molecule has 17 heavy (non-hydrogen) atoms. The lowest BCUT2D eigenvalue weighted by Gasteiger charge is -2.33. The monoisotopic (exact) mass is 242 g/mol. The van der Waals surface area contributed by atoms with Crippen LogP contribution in [0.4, 0.5) is 0 Å². The number of carboxylic acids is 1. The van der Waals surface area contributed by atoms with Crippen LogP contribution in [0.5, 0.6) is 0 Å². The van der Waals surface area contributed by atoms with Gasteiger partial charge in [-0.15, -0.1) is 0 Å². The van der Waals surface area contributed by atoms with Gasteiger partial charge in [-0.2, -0.15) is 0 Å². The van der Waals surface area contributed by atoms with Gasteiger partial charge in [0.15, 0.2) is 0 Å². The quantitative estimate of drug-likeness (QED) is 0.759. The van der Waals surface area contributed by atoms with E-state index in [4.69, 9.17) is 10.8 Å². The minimum Gasteiger partial charge on any atom is -0.481 e. The van der Waals surface area contributed by atoms with Gasteiger partial charge < -0.3 is 15.7 Å². The molecule has 1 rings (SSSR count). The van der Waals surface area contributed by atoms with Crippen molar-refractivity contribution in [1.29, 1.82) is 0 Å². The molecule has 5 nitrogen and oxygen atoms in total. The SMILES string of the molecule is CCC(C)(CN)C(=O)N1CCC(C(=O)O)C1C. The summed E-state index contributed by atoms with van der Waals surface area (Å²) in [6.45, 7) is 6.39. The molecule has 0 aliphatic carbocycles. The van der Waals surface area contributed by atoms with Crippen LogP contribution in [0, 0.1) is 11.3 Å². The van der Waals surface area contributed by atoms with E-state index in [9.17, 15) is 9.59 Å². The van der Waals surface area contributed by atoms with Crippen LogP contribution in [0.15, 0.2) is 0 Å². The fourth-order valence-corrected chi connectivity index (χ4v) is 2.29. The zero-order valence-electron chi connectivity index (χ0n) is 10.8. The first-order valence-electron chi connectivity index (χ1n) is 6.11. The van der Waals surface area contributed by atoms with Crippen molar-refractivity contribution in [2.75, 3.05) is 13.1 Å². The Morgan fingerprint density at radius 1 is 1.53 bits per heavy atom. The average molecular weight is 242 g/mol. The third kappa shape index (κ3) is 2.44. The van der Waals surface area contributed by atoms with E-state index in [2.05, 4.69) is 0 Å². The maximum atomic E-state index is 12.4. The maximum Gasteiger partial charge on any atom is 0.308 e. The van der Waals surface area contributed by atoms with Gasteiger partial charge in [0.1, 0.15) is 0 Å². The normalized spacial score (nSPS) is 27.9. The fourth-order valence-electron chi connectivity index (χ4n) is 2.29. The summed E-state index contributed by atoms with van der Waals surface area (Å²) < 4.78 is 0. The predicted molar refractivity (Wildman–Crippen MR) is 64.4 cm³/mol. The molecule has 0 bridgehead atoms. The van der Waals surface area contributed by atoms with Gasteiger partial charge in [-0.05, 0) is 26.7 Å². The summed E-state index contributed by atoms with van der Waals surface area (Å²) in [7, 11) is 0. The van der Waals surface area contributed by atoms with Crippen LogP contribution in [0.1, 0.15) is 33.6 Å². The number of carboxylic acid groups (broad SMARTS) is 1. The molecule has 0 aromatic rings. The summed E-state index contributed by atoms with van der Waals surface area (Å²) in [5.41, 5.74) is 5.09. The van der Waals surface area contributed by atoms with Crippen molar-refractivity contribution in [3.8, 4) is 0 Å². The molecule has 1 aliphatic heterocycles. The Bertz CT molecular complexity index is 313. The zero-order valence-corrected chi connectivity index (χ0v) is 10.8. The predicted octanol–water partition coefficient (Wildman–Crippen LogP) is 0.683. The number of carbonyl (C=O) groups excluding carboxylic acids is 1. The minimum absolute atomic E-state index is 0.0150. The number of likely N-dealkylation sites (tertiary alicyclic amines) is 1. The van der Waals surface area contributed by atoms with Crippen LogP contribution in [0.3, 0.4) is 0 Å². The second kappa shape index (κ2) is 5.04. The second-order valence-electron chi connectivity index (χ2n) is 5.09. The van der Waals surface area contributed by atoms with E-state index in [0.717, 1.165) is 0 Å². The summed E-state index contributed by atoms with van der Waals surface area (Å²) in [6.07, 6.45) is 1.20. The first kappa shape index (κ1) is 14.0. The van der Waals surface area contributed by atoms with E-state index in [1.54, 1.807) is 11.8 Å². The summed E-state index contributed by atoms with van der Waals surface area (Å²) in [5, 5.41) is 9.04. The molecule has 0 radical (unpaired) electrons. The Balaban J connectivity index is 2.82. The Hall–Kier alpha value is -1.10. The standard InChI is InChI=1S/C12H22N2O3/c1-4-12(3,7-13)11(17)14-6-5-9(8(14)2)10(15)16/h8-9H,4-7,13H2,1-3H3,(H,15,16). The summed E-state index contributed by atoms with van der Waals surface area (Å²) in [5.74, 6) is -1.28. The van der Waals surface area contributed by atoms with E-state index in [-0.39, 0.29) is 11.9 Å². The molecular weight excluding hydrogens is 220 g/mol. The van der Waals surface area contributed by atoms with Crippen LogP contribution in [0.25, 0.3) is 0 Å². The smallest absolute Gasteiger partial charge is 0.308 e. The van der Waals surface area contributed by atoms with Gasteiger partial charge in [0.2, 0.25) is 5.91 Å². The Labute approximate surface area is 102 Å². The van der Waals surface area contributed by atoms with Gasteiger partial charge in [-0.3, -0.25) is 9.59 Å². The Morgan fingerprint density at radius 2 is 2.12 bits per heavy atom. The highest BCUT2D eigenvalue weighted by molar-refractivity contribution is 5.84. The van der Waals surface area contributed by atoms with E-state index in [1.165, 1.54) is 0 Å². The largest absolute Gasteiger partial charge is 0.481 e. The lowest BCUT2D eigenvalue weighted by molar-refractivity contribution is -0.145. The molecule has 3 atom stereocenters. The van der Waals surface area contributed by atoms with Crippen LogP contribution in [0.2, 0.25) is 0 Å². The molecular formula is C12H22N2O3. The number of hydrogen-bond donors (Lipinski definition) is 2. The van der Waals surface area contributed by atoms with Crippen molar-refractivity contribution in [1.82, 2.24) is 4.90 Å². The van der Waals surface area contributed by atoms with Gasteiger partial charge in [-0.25, -0.2) is 0 Å². The van der Waals surface area contributed by atoms with Crippen LogP contribution >= 0.6 is 0 Å². The van der Waals surface area contributed by atoms with E-state index in [1.807, 2.05) is 13.8 Å². The second-order valence-corrected chi connectivity index (χ2v) is 5.09. The van der Waals surface area contributed by atoms with Gasteiger partial charge in [0.25, 0.3) is 0 Å². The van der Waals surface area contributed by atoms with Gasteiger partial charge >= 0.3 is 5.97 Å². The maximum absolute atomic E-state index is 12.4. The molecule has 5 heteroatoms. The minimum atomic E-state index is -0.821. The van der Waals surface area contributed by atoms with E-state index in [0.29, 0.717) is 25.9 Å². The molecule has 1 amide bonds. The molecule has 98 valence electrons. The van der Waals surface area contributed by atoms with Gasteiger partial charge in [-0.1, -0.05) is 6.92 Å². The molecule has 0 saturated carbocycles. The average Bonchev–Trinajstić information content (AvgIpc) is 2.69. The van der Waals surface area contributed by atoms with Crippen LogP contribution in [-0.4, -0.2) is 41.0 Å². The van der Waals surface area contributed by atoms with Crippen LogP contribution in [-0.2, 0) is 9.59 Å². The fraction of sp³-hybridized carbons (Fsp3) is 0.833. The zero-order chi connectivity index (χ0) is 13.2. The van der Waals surface area contributed by atoms with Crippen LogP contribution < -0.4 is 5.73 Å². The van der Waals surface area contributed by atoms with Crippen molar-refractivity contribution < 1.29 is 14.7 Å². The molecule has 0 spiro atoms. The number of nitrogens with zero attached hydrogens (tertiary/aromatic N) is 1. The number of rotatable bonds is 4. The molecule has 1 aliphatic rings. The van der Waals surface area contributed by atoms with Crippen molar-refractivity contribution in [3.05, 3.63) is 0 Å². The van der Waals surface area contributed by atoms with E-state index >= 15 is 0 Å². The van der Waals surface area contributed by atoms with Crippen molar-refractivity contribution in [2.24, 2.45) is 17.1 Å². The highest BCUT2D eigenvalue weighted by Crippen LogP contribution is 2.30. The number of nitrogens with two attached hydrogens (primary N) is 1. The number of carbonyl (C=O) groups is 2. The Kier molecular flexibility index (Phi) is 4.14. The summed E-state index contributed by atoms with van der Waals surface area (Å²) >= 11 is 0. The first-order chi connectivity index (χ1) is 7.87. The van der Waals surface area contributed by atoms with Crippen molar-refractivity contribution in [3.63, 3.8) is 0 Å². The molecule has 1 heterocycles. The summed E-state index contributed by atoms with van der Waals surface area (Å²) in [6, 6.07) is -0.238. The molecule has 3 unspecified atom stereocenters. The lowest BCUT2D eigenvalue weighted by Crippen LogP contribution is -2.48. The Morgan fingerprint density at radius 3 is 2.47 bits per heavy atom. The first-order valence-corrected chi connectivity index (χ1v) is 6.11. The molecule has 0 aromatic heterocycles. The highest BCUT2D eigenvalue weighted by atomic mass is 16.4. The van der Waals surface area contributed by atoms with Gasteiger partial charge in [0.05, 0.1) is 11.3 Å². The topological polar surface area (TPSA) is 83.6 Å². The van der Waals surface area contributed by atoms with E-state index < -0.39 is 17.3 Å². The number of hydrogen-bond acceptors (Lipinski definition) is 3. The molecule has 1 saturated heterocycles. The summed E-state index contributed by atoms with van der Waals surface area (Å²) in [4.78, 5) is 25.0. The van der Waals surface area contributed by atoms with Crippen molar-refractivity contribution in [2.45, 2.75) is 39.7 Å². The third-order valence-corrected chi connectivity index (χ3v) is 4.08. The third-order valence-electron chi connectivity index (χ3n) is 4.08. The molecule has 0 aromatic carbocycles. The molecule has 1 fully saturated rings. The lowest BCUT2D eigenvalue weighted by atomic mass is 9.85. The van der Waals surface area contributed by atoms with Crippen molar-refractivity contribution >= 4 is 11.9 Å². The molecule has 3 N–H and O–H groups in total. The van der Waals surface area contributed by atoms with Gasteiger partial charge in [0, 0.05) is 19.1 Å².